The van der Waals surface area contributed by atoms with Gasteiger partial charge in [0.2, 0.25) is 0 Å². The fraction of sp³-hybridized carbons (Fsp3) is 0.111. The van der Waals surface area contributed by atoms with Crippen LogP contribution < -0.4 is 0 Å². The highest BCUT2D eigenvalue weighted by molar-refractivity contribution is 6.29. The molecule has 3 heteroatoms. The lowest BCUT2D eigenvalue weighted by Crippen LogP contribution is -2.07. The molecule has 1 aliphatic rings. The predicted octanol–water partition coefficient (Wildman–Crippen LogP) is 1.22. The number of rotatable bonds is 0. The zero-order chi connectivity index (χ0) is 8.55. The van der Waals surface area contributed by atoms with Crippen molar-refractivity contribution in [2.45, 2.75) is 6.42 Å². The highest BCUT2D eigenvalue weighted by Crippen LogP contribution is 2.26. The normalized spacial score (nSPS) is 14.5. The molecule has 0 saturated heterocycles. The molecule has 1 N–H and O–H groups in total. The Morgan fingerprint density at radius 2 is 2.25 bits per heavy atom. The fourth-order valence-corrected chi connectivity index (χ4v) is 1.20. The van der Waals surface area contributed by atoms with Gasteiger partial charge in [-0.15, -0.1) is 0 Å². The van der Waals surface area contributed by atoms with Crippen molar-refractivity contribution in [3.8, 4) is 5.75 Å². The van der Waals surface area contributed by atoms with Crippen LogP contribution in [-0.4, -0.2) is 17.1 Å². The van der Waals surface area contributed by atoms with Gasteiger partial charge >= 0.3 is 0 Å². The van der Waals surface area contributed by atoms with Crippen LogP contribution in [0.25, 0.3) is 0 Å². The van der Waals surface area contributed by atoms with Crippen LogP contribution in [0.4, 0.5) is 5.69 Å². The first-order valence-electron chi connectivity index (χ1n) is 3.64. The SMILES string of the molecule is O=C1C=Nc2cc(O)ccc2C1. The maximum absolute atomic E-state index is 10.9. The lowest BCUT2D eigenvalue weighted by molar-refractivity contribution is -0.112. The van der Waals surface area contributed by atoms with Gasteiger partial charge in [0.1, 0.15) is 5.75 Å². The van der Waals surface area contributed by atoms with Crippen molar-refractivity contribution in [2.75, 3.05) is 0 Å². The molecule has 1 aliphatic heterocycles. The van der Waals surface area contributed by atoms with Crippen LogP contribution >= 0.6 is 0 Å². The number of phenolic OH excluding ortho intramolecular Hbond substituents is 1. The standard InChI is InChI=1S/C9H7NO2/c11-7-2-1-6-3-8(12)5-10-9(6)4-7/h1-2,4-5,11H,3H2. The molecule has 60 valence electrons. The van der Waals surface area contributed by atoms with Gasteiger partial charge in [-0.05, 0) is 11.6 Å². The molecule has 3 nitrogen and oxygen atoms in total. The number of benzene rings is 1. The second kappa shape index (κ2) is 2.44. The van der Waals surface area contributed by atoms with Crippen molar-refractivity contribution < 1.29 is 9.90 Å². The number of nitrogens with zero attached hydrogens (tertiary/aromatic N) is 1. The van der Waals surface area contributed by atoms with Gasteiger partial charge < -0.3 is 5.11 Å². The van der Waals surface area contributed by atoms with Crippen molar-refractivity contribution in [3.63, 3.8) is 0 Å². The molecular formula is C9H7NO2. The fourth-order valence-electron chi connectivity index (χ4n) is 1.20. The summed E-state index contributed by atoms with van der Waals surface area (Å²) in [6.07, 6.45) is 1.68. The highest BCUT2D eigenvalue weighted by Gasteiger charge is 2.11. The van der Waals surface area contributed by atoms with Gasteiger partial charge in [-0.25, -0.2) is 0 Å². The number of fused-ring (bicyclic) bond motifs is 1. The van der Waals surface area contributed by atoms with Crippen molar-refractivity contribution in [1.29, 1.82) is 0 Å². The van der Waals surface area contributed by atoms with Crippen LogP contribution in [0.15, 0.2) is 23.2 Å². The summed E-state index contributed by atoms with van der Waals surface area (Å²) in [4.78, 5) is 14.8. The van der Waals surface area contributed by atoms with Gasteiger partial charge in [-0.3, -0.25) is 9.79 Å². The molecule has 0 unspecified atom stereocenters. The second-order valence-electron chi connectivity index (χ2n) is 2.71. The van der Waals surface area contributed by atoms with Gasteiger partial charge in [0, 0.05) is 12.5 Å². The molecule has 1 heterocycles. The van der Waals surface area contributed by atoms with Crippen LogP contribution in [0.2, 0.25) is 0 Å². The first kappa shape index (κ1) is 7.03. The van der Waals surface area contributed by atoms with Crippen molar-refractivity contribution >= 4 is 17.7 Å². The van der Waals surface area contributed by atoms with Crippen molar-refractivity contribution in [1.82, 2.24) is 0 Å². The summed E-state index contributed by atoms with van der Waals surface area (Å²) >= 11 is 0. The molecule has 1 aromatic rings. The van der Waals surface area contributed by atoms with Gasteiger partial charge in [0.15, 0.2) is 5.78 Å². The Balaban J connectivity index is 2.54. The summed E-state index contributed by atoms with van der Waals surface area (Å²) in [5.74, 6) is 0.188. The van der Waals surface area contributed by atoms with E-state index in [-0.39, 0.29) is 11.5 Å². The molecule has 0 amide bonds. The van der Waals surface area contributed by atoms with Crippen molar-refractivity contribution in [3.05, 3.63) is 23.8 Å². The van der Waals surface area contributed by atoms with E-state index in [1.807, 2.05) is 0 Å². The molecule has 2 rings (SSSR count). The molecule has 0 aliphatic carbocycles. The van der Waals surface area contributed by atoms with Crippen LogP contribution in [0.5, 0.6) is 5.75 Å². The first-order valence-corrected chi connectivity index (χ1v) is 3.64. The van der Waals surface area contributed by atoms with E-state index in [4.69, 9.17) is 5.11 Å². The number of carbonyl (C=O) groups excluding carboxylic acids is 1. The van der Waals surface area contributed by atoms with Crippen LogP contribution in [0.3, 0.4) is 0 Å². The molecule has 0 aromatic heterocycles. The topological polar surface area (TPSA) is 49.7 Å². The van der Waals surface area contributed by atoms with Crippen molar-refractivity contribution in [2.24, 2.45) is 4.99 Å². The lowest BCUT2D eigenvalue weighted by atomic mass is 10.0. The highest BCUT2D eigenvalue weighted by atomic mass is 16.3. The van der Waals surface area contributed by atoms with Gasteiger partial charge in [-0.1, -0.05) is 6.07 Å². The Labute approximate surface area is 69.4 Å². The van der Waals surface area contributed by atoms with Gasteiger partial charge in [0.05, 0.1) is 11.9 Å². The minimum atomic E-state index is 0.00758. The summed E-state index contributed by atoms with van der Waals surface area (Å²) in [6.45, 7) is 0. The Hall–Kier alpha value is -1.64. The van der Waals surface area contributed by atoms with Gasteiger partial charge in [0.25, 0.3) is 0 Å². The summed E-state index contributed by atoms with van der Waals surface area (Å²) in [6, 6.07) is 4.84. The maximum Gasteiger partial charge on any atom is 0.178 e. The second-order valence-corrected chi connectivity index (χ2v) is 2.71. The molecule has 0 atom stereocenters. The average molecular weight is 161 g/mol. The third-order valence-corrected chi connectivity index (χ3v) is 1.78. The van der Waals surface area contributed by atoms with Gasteiger partial charge in [-0.2, -0.15) is 0 Å². The first-order chi connectivity index (χ1) is 5.75. The Bertz CT molecular complexity index is 369. The minimum Gasteiger partial charge on any atom is -0.508 e. The van der Waals surface area contributed by atoms with E-state index < -0.39 is 0 Å². The molecule has 0 fully saturated rings. The Kier molecular flexibility index (Phi) is 1.43. The summed E-state index contributed by atoms with van der Waals surface area (Å²) in [5.41, 5.74) is 1.56. The molecule has 1 aromatic carbocycles. The van der Waals surface area contributed by atoms with Crippen LogP contribution in [-0.2, 0) is 11.2 Å². The Morgan fingerprint density at radius 1 is 1.42 bits per heavy atom. The lowest BCUT2D eigenvalue weighted by Gasteiger charge is -2.07. The van der Waals surface area contributed by atoms with Crippen LogP contribution in [0.1, 0.15) is 5.56 Å². The number of carbonyl (C=O) groups is 1. The third-order valence-electron chi connectivity index (χ3n) is 1.78. The number of Topliss-reactive ketones (excluding diaryl/α,β-unsaturated/α-hetero) is 1. The van der Waals surface area contributed by atoms with E-state index in [9.17, 15) is 4.79 Å². The summed E-state index contributed by atoms with van der Waals surface area (Å²) < 4.78 is 0. The zero-order valence-corrected chi connectivity index (χ0v) is 6.32. The number of hydrogen-bond acceptors (Lipinski definition) is 3. The third kappa shape index (κ3) is 1.09. The minimum absolute atomic E-state index is 0.00758. The van der Waals surface area contributed by atoms with E-state index in [0.29, 0.717) is 12.1 Å². The smallest absolute Gasteiger partial charge is 0.178 e. The van der Waals surface area contributed by atoms with E-state index in [0.717, 1.165) is 5.56 Å². The molecule has 0 saturated carbocycles. The summed E-state index contributed by atoms with van der Waals surface area (Å²) in [7, 11) is 0. The molecule has 0 spiro atoms. The van der Waals surface area contributed by atoms with Crippen LogP contribution in [0, 0.1) is 0 Å². The Morgan fingerprint density at radius 3 is 3.08 bits per heavy atom. The monoisotopic (exact) mass is 161 g/mol. The van der Waals surface area contributed by atoms with E-state index >= 15 is 0 Å². The molecular weight excluding hydrogens is 154 g/mol. The van der Waals surface area contributed by atoms with E-state index in [1.165, 1.54) is 6.21 Å². The number of ketones is 1. The quantitative estimate of drug-likeness (QED) is 0.621. The summed E-state index contributed by atoms with van der Waals surface area (Å²) in [5, 5.41) is 9.10. The number of hydrogen-bond donors (Lipinski definition) is 1. The largest absolute Gasteiger partial charge is 0.508 e. The number of aliphatic imine (C=N–C) groups is 1. The molecule has 0 bridgehead atoms. The average Bonchev–Trinajstić information content (AvgIpc) is 2.05. The number of aromatic hydroxyl groups is 1. The molecule has 12 heavy (non-hydrogen) atoms. The van der Waals surface area contributed by atoms with E-state index in [2.05, 4.69) is 4.99 Å². The number of phenols is 1. The van der Waals surface area contributed by atoms with E-state index in [1.54, 1.807) is 18.2 Å². The molecule has 0 radical (unpaired) electrons. The maximum atomic E-state index is 10.9. The predicted molar refractivity (Wildman–Crippen MR) is 45.0 cm³/mol. The zero-order valence-electron chi connectivity index (χ0n) is 6.32.